The lowest BCUT2D eigenvalue weighted by molar-refractivity contribution is 1.01. The van der Waals surface area contributed by atoms with E-state index in [0.29, 0.717) is 0 Å². The van der Waals surface area contributed by atoms with E-state index in [9.17, 15) is 0 Å². The van der Waals surface area contributed by atoms with Crippen molar-refractivity contribution >= 4 is 82.0 Å². The van der Waals surface area contributed by atoms with Crippen LogP contribution in [0.2, 0.25) is 0 Å². The molecule has 11 rings (SSSR count). The zero-order valence-corrected chi connectivity index (χ0v) is 24.6. The summed E-state index contributed by atoms with van der Waals surface area (Å²) in [5, 5.41) is 8.98. The fourth-order valence-electron chi connectivity index (χ4n) is 8.36. The molecule has 5 aromatic heterocycles. The molecule has 4 nitrogen and oxygen atoms in total. The number of benzene rings is 6. The zero-order chi connectivity index (χ0) is 29.4. The molecule has 45 heavy (non-hydrogen) atoms. The van der Waals surface area contributed by atoms with Crippen LogP contribution in [0, 0.1) is 0 Å². The average molecular weight is 575 g/mol. The summed E-state index contributed by atoms with van der Waals surface area (Å²) in [7, 11) is 2.21. The van der Waals surface area contributed by atoms with Gasteiger partial charge in [-0.1, -0.05) is 84.9 Å². The van der Waals surface area contributed by atoms with Gasteiger partial charge >= 0.3 is 0 Å². The van der Waals surface area contributed by atoms with Gasteiger partial charge in [0.15, 0.2) is 0 Å². The van der Waals surface area contributed by atoms with Crippen LogP contribution < -0.4 is 0 Å². The molecule has 210 valence electrons. The summed E-state index contributed by atoms with van der Waals surface area (Å²) < 4.78 is 9.94. The second-order valence-corrected chi connectivity index (χ2v) is 12.2. The van der Waals surface area contributed by atoms with E-state index in [2.05, 4.69) is 165 Å². The average Bonchev–Trinajstić information content (AvgIpc) is 3.78. The van der Waals surface area contributed by atoms with Crippen molar-refractivity contribution in [2.75, 3.05) is 0 Å². The second-order valence-electron chi connectivity index (χ2n) is 12.2. The van der Waals surface area contributed by atoms with Gasteiger partial charge in [-0.05, 0) is 60.0 Å². The number of nitrogens with zero attached hydrogens (tertiary/aromatic N) is 4. The van der Waals surface area contributed by atoms with Crippen LogP contribution in [0.3, 0.4) is 0 Å². The Balaban J connectivity index is 1.59. The smallest absolute Gasteiger partial charge is 0.131 e. The Hall–Kier alpha value is -6.00. The van der Waals surface area contributed by atoms with E-state index < -0.39 is 0 Å². The standard InChI is InChI=1S/C41H26N4/c1-42-33-22-12-19-29-35-27-17-8-10-20-31(27)44(26-15-6-3-7-16-26)41(35)45-38-30(23-24-34(42)37(38)36(29)33)40-39(45)28-18-9-11-21-32(28)43(40)25-13-4-2-5-14-25/h2-24H,1H3. The van der Waals surface area contributed by atoms with Gasteiger partial charge in [0.1, 0.15) is 5.65 Å². The first kappa shape index (κ1) is 23.5. The Labute approximate surface area is 257 Å². The molecule has 6 aromatic carbocycles. The van der Waals surface area contributed by atoms with E-state index in [1.54, 1.807) is 0 Å². The summed E-state index contributed by atoms with van der Waals surface area (Å²) in [4.78, 5) is 0. The quantitative estimate of drug-likeness (QED) is 0.196. The monoisotopic (exact) mass is 574 g/mol. The summed E-state index contributed by atoms with van der Waals surface area (Å²) in [6, 6.07) is 51.0. The highest BCUT2D eigenvalue weighted by atomic mass is 15.1. The zero-order valence-electron chi connectivity index (χ0n) is 24.6. The maximum Gasteiger partial charge on any atom is 0.131 e. The van der Waals surface area contributed by atoms with E-state index in [0.717, 1.165) is 5.69 Å². The lowest BCUT2D eigenvalue weighted by atomic mass is 10.0. The number of rotatable bonds is 2. The minimum absolute atomic E-state index is 1.16. The Kier molecular flexibility index (Phi) is 4.24. The summed E-state index contributed by atoms with van der Waals surface area (Å²) in [5.41, 5.74) is 12.2. The number of aryl methyl sites for hydroxylation is 1. The van der Waals surface area contributed by atoms with Gasteiger partial charge in [-0.15, -0.1) is 0 Å². The molecule has 0 spiro atoms. The van der Waals surface area contributed by atoms with Gasteiger partial charge in [-0.3, -0.25) is 8.97 Å². The van der Waals surface area contributed by atoms with Crippen LogP contribution in [-0.4, -0.2) is 18.1 Å². The van der Waals surface area contributed by atoms with Gasteiger partial charge in [-0.2, -0.15) is 0 Å². The van der Waals surface area contributed by atoms with E-state index in [4.69, 9.17) is 0 Å². The van der Waals surface area contributed by atoms with Gasteiger partial charge in [0.05, 0.1) is 33.1 Å². The Morgan fingerprint density at radius 2 is 0.933 bits per heavy atom. The largest absolute Gasteiger partial charge is 0.344 e. The number of hydrogen-bond acceptors (Lipinski definition) is 0. The maximum absolute atomic E-state index is 2.61. The molecule has 0 saturated carbocycles. The van der Waals surface area contributed by atoms with Crippen molar-refractivity contribution in [2.24, 2.45) is 7.05 Å². The lowest BCUT2D eigenvalue weighted by Gasteiger charge is -2.10. The molecular weight excluding hydrogens is 548 g/mol. The van der Waals surface area contributed by atoms with E-state index in [-0.39, 0.29) is 0 Å². The summed E-state index contributed by atoms with van der Waals surface area (Å²) in [6.07, 6.45) is 0. The molecule has 0 aliphatic carbocycles. The van der Waals surface area contributed by atoms with Crippen molar-refractivity contribution < 1.29 is 0 Å². The van der Waals surface area contributed by atoms with Gasteiger partial charge in [0, 0.05) is 56.3 Å². The van der Waals surface area contributed by atoms with Crippen LogP contribution >= 0.6 is 0 Å². The molecule has 5 heterocycles. The summed E-state index contributed by atoms with van der Waals surface area (Å²) in [5.74, 6) is 0. The second kappa shape index (κ2) is 8.13. The number of aromatic nitrogens is 4. The maximum atomic E-state index is 2.61. The summed E-state index contributed by atoms with van der Waals surface area (Å²) in [6.45, 7) is 0. The number of para-hydroxylation sites is 4. The number of fused-ring (bicyclic) bond motifs is 10. The first-order chi connectivity index (χ1) is 22.3. The van der Waals surface area contributed by atoms with E-state index in [1.165, 1.54) is 87.7 Å². The van der Waals surface area contributed by atoms with Gasteiger partial charge in [0.25, 0.3) is 0 Å². The molecule has 0 fully saturated rings. The topological polar surface area (TPSA) is 19.2 Å². The molecular formula is C41H26N4. The highest BCUT2D eigenvalue weighted by Crippen LogP contribution is 2.48. The third kappa shape index (κ3) is 2.70. The molecule has 0 saturated heterocycles. The van der Waals surface area contributed by atoms with Crippen molar-refractivity contribution in [1.82, 2.24) is 18.1 Å². The van der Waals surface area contributed by atoms with Gasteiger partial charge in [0.2, 0.25) is 0 Å². The molecule has 0 aliphatic rings. The van der Waals surface area contributed by atoms with Crippen LogP contribution in [0.25, 0.3) is 93.3 Å². The molecule has 0 N–H and O–H groups in total. The van der Waals surface area contributed by atoms with Crippen molar-refractivity contribution in [1.29, 1.82) is 0 Å². The normalized spacial score (nSPS) is 12.6. The number of hydrogen-bond donors (Lipinski definition) is 0. The minimum atomic E-state index is 1.16. The predicted octanol–water partition coefficient (Wildman–Crippen LogP) is 10.4. The van der Waals surface area contributed by atoms with Gasteiger partial charge < -0.3 is 9.13 Å². The Morgan fingerprint density at radius 3 is 1.69 bits per heavy atom. The molecule has 0 bridgehead atoms. The van der Waals surface area contributed by atoms with E-state index in [1.807, 2.05) is 0 Å². The van der Waals surface area contributed by atoms with Crippen LogP contribution in [0.15, 0.2) is 140 Å². The van der Waals surface area contributed by atoms with E-state index >= 15 is 0 Å². The van der Waals surface area contributed by atoms with Crippen molar-refractivity contribution in [3.63, 3.8) is 0 Å². The van der Waals surface area contributed by atoms with Gasteiger partial charge in [-0.25, -0.2) is 0 Å². The molecule has 0 atom stereocenters. The lowest BCUT2D eigenvalue weighted by Crippen LogP contribution is -1.98. The van der Waals surface area contributed by atoms with Crippen LogP contribution in [0.4, 0.5) is 0 Å². The molecule has 11 aromatic rings. The fraction of sp³-hybridized carbons (Fsp3) is 0.0244. The molecule has 0 unspecified atom stereocenters. The molecule has 0 amide bonds. The first-order valence-corrected chi connectivity index (χ1v) is 15.5. The Morgan fingerprint density at radius 1 is 0.356 bits per heavy atom. The Bertz CT molecular complexity index is 2970. The third-order valence-electron chi connectivity index (χ3n) is 10.1. The minimum Gasteiger partial charge on any atom is -0.344 e. The van der Waals surface area contributed by atoms with Crippen molar-refractivity contribution in [3.8, 4) is 11.4 Å². The highest BCUT2D eigenvalue weighted by molar-refractivity contribution is 6.36. The first-order valence-electron chi connectivity index (χ1n) is 15.5. The molecule has 0 aliphatic heterocycles. The van der Waals surface area contributed by atoms with Crippen molar-refractivity contribution in [3.05, 3.63) is 140 Å². The molecule has 0 radical (unpaired) electrons. The van der Waals surface area contributed by atoms with Crippen molar-refractivity contribution in [2.45, 2.75) is 0 Å². The van der Waals surface area contributed by atoms with Crippen LogP contribution in [0.5, 0.6) is 0 Å². The third-order valence-corrected chi connectivity index (χ3v) is 10.1. The SMILES string of the molecule is Cn1c2cccc3c2c2c1ccc1c4c(c5ccccc5n4-c4ccccc4)n(c12)c1c3c2ccccc2n1-c1ccccc1. The summed E-state index contributed by atoms with van der Waals surface area (Å²) >= 11 is 0. The molecule has 4 heteroatoms. The predicted molar refractivity (Wildman–Crippen MR) is 189 cm³/mol. The van der Waals surface area contributed by atoms with Crippen LogP contribution in [-0.2, 0) is 7.05 Å². The highest BCUT2D eigenvalue weighted by Gasteiger charge is 2.28. The van der Waals surface area contributed by atoms with Crippen LogP contribution in [0.1, 0.15) is 0 Å². The fourth-order valence-corrected chi connectivity index (χ4v) is 8.36.